The highest BCUT2D eigenvalue weighted by Crippen LogP contribution is 2.15. The number of rotatable bonds is 6. The first-order valence-electron chi connectivity index (χ1n) is 5.53. The molecule has 0 aliphatic rings. The van der Waals surface area contributed by atoms with E-state index in [4.69, 9.17) is 0 Å². The second kappa shape index (κ2) is 5.55. The molecule has 96 valence electrons. The number of carbonyl (C=O) groups excluding carboxylic acids is 1. The number of nitrogens with one attached hydrogen (secondary N) is 1. The van der Waals surface area contributed by atoms with Crippen LogP contribution in [0.5, 0.6) is 0 Å². The smallest absolute Gasteiger partial charge is 0.165 e. The summed E-state index contributed by atoms with van der Waals surface area (Å²) < 4.78 is 0.331. The van der Waals surface area contributed by atoms with Crippen LogP contribution in [-0.2, 0) is 11.2 Å². The third-order valence-electron chi connectivity index (χ3n) is 2.51. The van der Waals surface area contributed by atoms with Crippen LogP contribution in [0.2, 0.25) is 0 Å². The maximum atomic E-state index is 11.1. The number of likely N-dealkylation sites (N-methyl/N-ethyl adjacent to an activating group) is 1. The molecule has 17 heavy (non-hydrogen) atoms. The lowest BCUT2D eigenvalue weighted by Gasteiger charge is -2.34. The molecule has 0 aliphatic heterocycles. The quantitative estimate of drug-likeness (QED) is 0.570. The van der Waals surface area contributed by atoms with Crippen LogP contribution in [0.25, 0.3) is 0 Å². The van der Waals surface area contributed by atoms with Gasteiger partial charge in [0.05, 0.1) is 27.1 Å². The molecule has 0 aliphatic carbocycles. The molecular formula is C11H19N3O2S. The van der Waals surface area contributed by atoms with Crippen molar-refractivity contribution in [3.05, 3.63) is 11.9 Å². The van der Waals surface area contributed by atoms with Crippen LogP contribution in [0, 0.1) is 0 Å². The van der Waals surface area contributed by atoms with E-state index in [9.17, 15) is 9.90 Å². The molecule has 1 N–H and O–H groups in total. The average molecular weight is 257 g/mol. The first-order chi connectivity index (χ1) is 7.84. The molecule has 1 aromatic heterocycles. The van der Waals surface area contributed by atoms with E-state index in [0.29, 0.717) is 10.9 Å². The van der Waals surface area contributed by atoms with E-state index >= 15 is 0 Å². The van der Waals surface area contributed by atoms with Crippen molar-refractivity contribution < 1.29 is 14.4 Å². The van der Waals surface area contributed by atoms with Crippen molar-refractivity contribution in [1.82, 2.24) is 9.97 Å². The van der Waals surface area contributed by atoms with Crippen LogP contribution >= 0.6 is 11.8 Å². The molecule has 5 nitrogen and oxygen atoms in total. The van der Waals surface area contributed by atoms with Crippen LogP contribution in [0.4, 0.5) is 0 Å². The molecular weight excluding hydrogens is 238 g/mol. The standard InChI is InChI=1S/C11H19N3O2S/c1-5-17-11-12-7-8(13-11)6-9(10(15)16)14(2,3)4/h7,9H,5-6H2,1-4H3,(H-,12,13,15,16)/t9-/m0/s1. The summed E-state index contributed by atoms with van der Waals surface area (Å²) in [6.45, 7) is 2.04. The van der Waals surface area contributed by atoms with Crippen LogP contribution < -0.4 is 5.11 Å². The predicted octanol–water partition coefficient (Wildman–Crippen LogP) is -0.111. The minimum absolute atomic E-state index is 0.331. The molecule has 1 heterocycles. The van der Waals surface area contributed by atoms with E-state index in [-0.39, 0.29) is 0 Å². The first kappa shape index (κ1) is 14.1. The zero-order chi connectivity index (χ0) is 13.1. The number of quaternary nitrogens is 1. The summed E-state index contributed by atoms with van der Waals surface area (Å²) in [4.78, 5) is 18.4. The van der Waals surface area contributed by atoms with E-state index < -0.39 is 12.0 Å². The van der Waals surface area contributed by atoms with E-state index in [1.165, 1.54) is 0 Å². The van der Waals surface area contributed by atoms with Gasteiger partial charge in [0.1, 0.15) is 6.04 Å². The SMILES string of the molecule is CCSc1ncc(C[C@@H](C(=O)[O-])[N+](C)(C)C)[nH]1. The lowest BCUT2D eigenvalue weighted by molar-refractivity contribution is -0.889. The van der Waals surface area contributed by atoms with Gasteiger partial charge < -0.3 is 19.4 Å². The maximum Gasteiger partial charge on any atom is 0.165 e. The summed E-state index contributed by atoms with van der Waals surface area (Å²) in [5.74, 6) is -0.0940. The third-order valence-corrected chi connectivity index (χ3v) is 3.28. The molecule has 0 unspecified atom stereocenters. The summed E-state index contributed by atoms with van der Waals surface area (Å²) in [6.07, 6.45) is 2.10. The summed E-state index contributed by atoms with van der Waals surface area (Å²) in [7, 11) is 5.54. The zero-order valence-electron chi connectivity index (χ0n) is 10.7. The number of aromatic amines is 1. The Kier molecular flexibility index (Phi) is 4.59. The van der Waals surface area contributed by atoms with Gasteiger partial charge in [0, 0.05) is 18.3 Å². The van der Waals surface area contributed by atoms with Crippen molar-refractivity contribution in [3.63, 3.8) is 0 Å². The highest BCUT2D eigenvalue weighted by atomic mass is 32.2. The Bertz CT molecular complexity index is 384. The molecule has 0 bridgehead atoms. The van der Waals surface area contributed by atoms with Crippen LogP contribution in [-0.4, -0.2) is 53.4 Å². The van der Waals surface area contributed by atoms with Gasteiger partial charge in [-0.3, -0.25) is 0 Å². The van der Waals surface area contributed by atoms with Gasteiger partial charge in [-0.2, -0.15) is 0 Å². The van der Waals surface area contributed by atoms with E-state index in [0.717, 1.165) is 16.6 Å². The monoisotopic (exact) mass is 257 g/mol. The molecule has 0 amide bonds. The Labute approximate surface area is 106 Å². The van der Waals surface area contributed by atoms with Crippen LogP contribution in [0.1, 0.15) is 12.6 Å². The van der Waals surface area contributed by atoms with Crippen LogP contribution in [0.3, 0.4) is 0 Å². The number of aromatic nitrogens is 2. The Hall–Kier alpha value is -1.01. The summed E-state index contributed by atoms with van der Waals surface area (Å²) in [5, 5.41) is 12.0. The van der Waals surface area contributed by atoms with E-state index in [1.54, 1.807) is 18.0 Å². The second-order valence-corrected chi connectivity index (χ2v) is 6.05. The molecule has 0 saturated carbocycles. The number of thioether (sulfide) groups is 1. The van der Waals surface area contributed by atoms with Crippen LogP contribution in [0.15, 0.2) is 11.4 Å². The minimum atomic E-state index is -1.03. The number of hydrogen-bond donors (Lipinski definition) is 1. The summed E-state index contributed by atoms with van der Waals surface area (Å²) in [5.41, 5.74) is 0.836. The van der Waals surface area contributed by atoms with Gasteiger partial charge in [0.25, 0.3) is 0 Å². The Balaban J connectivity index is 2.76. The number of aliphatic carboxylic acids is 1. The van der Waals surface area contributed by atoms with E-state index in [1.807, 2.05) is 28.1 Å². The van der Waals surface area contributed by atoms with Gasteiger partial charge in [-0.25, -0.2) is 4.98 Å². The molecule has 1 rings (SSSR count). The van der Waals surface area contributed by atoms with Crippen molar-refractivity contribution in [2.24, 2.45) is 0 Å². The van der Waals surface area contributed by atoms with Crippen molar-refractivity contribution in [1.29, 1.82) is 0 Å². The van der Waals surface area contributed by atoms with E-state index in [2.05, 4.69) is 9.97 Å². The third kappa shape index (κ3) is 4.05. The molecule has 0 spiro atoms. The Morgan fingerprint density at radius 3 is 2.71 bits per heavy atom. The van der Waals surface area contributed by atoms with Crippen molar-refractivity contribution in [2.75, 3.05) is 26.9 Å². The van der Waals surface area contributed by atoms with Gasteiger partial charge in [-0.05, 0) is 5.75 Å². The summed E-state index contributed by atoms with van der Waals surface area (Å²) in [6, 6.07) is -0.574. The van der Waals surface area contributed by atoms with Crippen molar-refractivity contribution in [2.45, 2.75) is 24.5 Å². The molecule has 0 saturated heterocycles. The fraction of sp³-hybridized carbons (Fsp3) is 0.636. The van der Waals surface area contributed by atoms with Gasteiger partial charge in [-0.1, -0.05) is 18.7 Å². The molecule has 1 aromatic rings. The zero-order valence-corrected chi connectivity index (χ0v) is 11.5. The molecule has 0 aromatic carbocycles. The lowest BCUT2D eigenvalue weighted by atomic mass is 10.1. The first-order valence-corrected chi connectivity index (χ1v) is 6.51. The predicted molar refractivity (Wildman–Crippen MR) is 65.5 cm³/mol. The Morgan fingerprint density at radius 1 is 1.59 bits per heavy atom. The number of hydrogen-bond acceptors (Lipinski definition) is 4. The van der Waals surface area contributed by atoms with Crippen molar-refractivity contribution in [3.8, 4) is 0 Å². The van der Waals surface area contributed by atoms with Gasteiger partial charge in [0.2, 0.25) is 0 Å². The molecule has 0 radical (unpaired) electrons. The lowest BCUT2D eigenvalue weighted by Crippen LogP contribution is -2.55. The maximum absolute atomic E-state index is 11.1. The number of carboxylic acids is 1. The minimum Gasteiger partial charge on any atom is -0.544 e. The highest BCUT2D eigenvalue weighted by molar-refractivity contribution is 7.99. The number of carbonyl (C=O) groups is 1. The molecule has 1 atom stereocenters. The number of nitrogens with zero attached hydrogens (tertiary/aromatic N) is 2. The van der Waals surface area contributed by atoms with Gasteiger partial charge in [-0.15, -0.1) is 0 Å². The van der Waals surface area contributed by atoms with Gasteiger partial charge >= 0.3 is 0 Å². The Morgan fingerprint density at radius 2 is 2.24 bits per heavy atom. The highest BCUT2D eigenvalue weighted by Gasteiger charge is 2.26. The topological polar surface area (TPSA) is 68.8 Å². The van der Waals surface area contributed by atoms with Gasteiger partial charge in [0.15, 0.2) is 5.16 Å². The number of carboxylic acid groups (broad SMARTS) is 1. The normalized spacial score (nSPS) is 13.6. The fourth-order valence-corrected chi connectivity index (χ4v) is 2.14. The van der Waals surface area contributed by atoms with Crippen molar-refractivity contribution >= 4 is 17.7 Å². The fourth-order valence-electron chi connectivity index (χ4n) is 1.53. The largest absolute Gasteiger partial charge is 0.544 e. The average Bonchev–Trinajstić information content (AvgIpc) is 2.60. The number of imidazole rings is 1. The summed E-state index contributed by atoms with van der Waals surface area (Å²) >= 11 is 1.60. The molecule has 0 fully saturated rings. The second-order valence-electron chi connectivity index (χ2n) is 4.80. The molecule has 6 heteroatoms. The number of H-pyrrole nitrogens is 1.